The van der Waals surface area contributed by atoms with E-state index in [0.717, 1.165) is 32.1 Å². The zero-order chi connectivity index (χ0) is 18.7. The lowest BCUT2D eigenvalue weighted by Crippen LogP contribution is -2.44. The lowest BCUT2D eigenvalue weighted by Gasteiger charge is -2.28. The van der Waals surface area contributed by atoms with Gasteiger partial charge in [0.25, 0.3) is 5.56 Å². The van der Waals surface area contributed by atoms with Gasteiger partial charge in [-0.2, -0.15) is 4.98 Å². The fourth-order valence-electron chi connectivity index (χ4n) is 2.87. The first kappa shape index (κ1) is 18.8. The Labute approximate surface area is 156 Å². The molecule has 26 heavy (non-hydrogen) atoms. The Hall–Kier alpha value is -2.02. The molecule has 1 aliphatic heterocycles. The van der Waals surface area contributed by atoms with Gasteiger partial charge in [0.05, 0.1) is 12.6 Å². The highest BCUT2D eigenvalue weighted by Crippen LogP contribution is 2.22. The second-order valence-corrected chi connectivity index (χ2v) is 7.24. The zero-order valence-electron chi connectivity index (χ0n) is 15.3. The van der Waals surface area contributed by atoms with Gasteiger partial charge in [0, 0.05) is 39.0 Å². The summed E-state index contributed by atoms with van der Waals surface area (Å²) in [7, 11) is 1.70. The fourth-order valence-corrected chi connectivity index (χ4v) is 3.69. The number of anilines is 1. The van der Waals surface area contributed by atoms with E-state index in [9.17, 15) is 9.90 Å². The molecule has 2 aromatic rings. The molecule has 3 heterocycles. The van der Waals surface area contributed by atoms with Gasteiger partial charge in [-0.15, -0.1) is 5.92 Å². The maximum Gasteiger partial charge on any atom is 0.280 e. The molecule has 8 nitrogen and oxygen atoms in total. The maximum atomic E-state index is 13.0. The minimum atomic E-state index is -0.471. The summed E-state index contributed by atoms with van der Waals surface area (Å²) in [5.74, 6) is 7.14. The van der Waals surface area contributed by atoms with Gasteiger partial charge in [-0.1, -0.05) is 17.7 Å². The summed E-state index contributed by atoms with van der Waals surface area (Å²) in [6.45, 7) is 7.31. The van der Waals surface area contributed by atoms with Gasteiger partial charge >= 0.3 is 0 Å². The smallest absolute Gasteiger partial charge is 0.280 e. The molecule has 0 radical (unpaired) electrons. The number of rotatable bonds is 5. The molecule has 0 spiro atoms. The van der Waals surface area contributed by atoms with Crippen LogP contribution in [0.5, 0.6) is 0 Å². The molecule has 1 unspecified atom stereocenters. The first-order chi connectivity index (χ1) is 12.5. The Kier molecular flexibility index (Phi) is 5.86. The van der Waals surface area contributed by atoms with E-state index in [2.05, 4.69) is 32.0 Å². The van der Waals surface area contributed by atoms with Crippen molar-refractivity contribution < 1.29 is 5.11 Å². The SMILES string of the molecule is CC#CCn1c(N2CCNCC2)nc2nc(SCC(C)O)n(C)c(=O)c21. The molecule has 1 aliphatic rings. The molecule has 2 N–H and O–H groups in total. The number of fused-ring (bicyclic) bond motifs is 1. The van der Waals surface area contributed by atoms with E-state index in [-0.39, 0.29) is 5.56 Å². The molecule has 1 saturated heterocycles. The normalized spacial score (nSPS) is 15.8. The van der Waals surface area contributed by atoms with Gasteiger partial charge in [0.15, 0.2) is 16.3 Å². The predicted molar refractivity (Wildman–Crippen MR) is 104 cm³/mol. The Morgan fingerprint density at radius 2 is 2.08 bits per heavy atom. The van der Waals surface area contributed by atoms with Crippen LogP contribution >= 0.6 is 11.8 Å². The van der Waals surface area contributed by atoms with Crippen LogP contribution in [0.2, 0.25) is 0 Å². The van der Waals surface area contributed by atoms with Crippen LogP contribution in [-0.4, -0.2) is 62.2 Å². The first-order valence-electron chi connectivity index (χ1n) is 8.66. The average molecular weight is 376 g/mol. The largest absolute Gasteiger partial charge is 0.393 e. The van der Waals surface area contributed by atoms with Crippen LogP contribution in [0.15, 0.2) is 9.95 Å². The van der Waals surface area contributed by atoms with Crippen LogP contribution in [0.4, 0.5) is 5.95 Å². The van der Waals surface area contributed by atoms with Gasteiger partial charge < -0.3 is 15.3 Å². The molecule has 0 aromatic carbocycles. The van der Waals surface area contributed by atoms with Crippen LogP contribution in [0.1, 0.15) is 13.8 Å². The minimum Gasteiger partial charge on any atom is -0.393 e. The molecule has 140 valence electrons. The van der Waals surface area contributed by atoms with E-state index in [0.29, 0.717) is 28.6 Å². The molecule has 9 heteroatoms. The fraction of sp³-hybridized carbons (Fsp3) is 0.588. The molecule has 2 aromatic heterocycles. The summed E-state index contributed by atoms with van der Waals surface area (Å²) in [6.07, 6.45) is -0.471. The van der Waals surface area contributed by atoms with E-state index in [4.69, 9.17) is 0 Å². The molecule has 0 saturated carbocycles. The van der Waals surface area contributed by atoms with Crippen LogP contribution in [-0.2, 0) is 13.6 Å². The van der Waals surface area contributed by atoms with Crippen LogP contribution in [0.3, 0.4) is 0 Å². The Balaban J connectivity index is 2.12. The minimum absolute atomic E-state index is 0.144. The zero-order valence-corrected chi connectivity index (χ0v) is 16.1. The molecular formula is C17H24N6O2S. The molecule has 3 rings (SSSR count). The van der Waals surface area contributed by atoms with Crippen LogP contribution in [0, 0.1) is 11.8 Å². The summed E-state index contributed by atoms with van der Waals surface area (Å²) < 4.78 is 3.39. The van der Waals surface area contributed by atoms with Gasteiger partial charge in [0.2, 0.25) is 5.95 Å². The van der Waals surface area contributed by atoms with Crippen molar-refractivity contribution in [3.05, 3.63) is 10.4 Å². The van der Waals surface area contributed by atoms with Crippen molar-refractivity contribution in [1.29, 1.82) is 0 Å². The number of hydrogen-bond donors (Lipinski definition) is 2. The summed E-state index contributed by atoms with van der Waals surface area (Å²) in [4.78, 5) is 24.4. The van der Waals surface area contributed by atoms with Gasteiger partial charge in [-0.25, -0.2) is 4.98 Å². The third kappa shape index (κ3) is 3.72. The van der Waals surface area contributed by atoms with Crippen molar-refractivity contribution in [3.8, 4) is 11.8 Å². The van der Waals surface area contributed by atoms with E-state index >= 15 is 0 Å². The lowest BCUT2D eigenvalue weighted by atomic mass is 10.4. The van der Waals surface area contributed by atoms with Gasteiger partial charge in [0.1, 0.15) is 0 Å². The highest BCUT2D eigenvalue weighted by atomic mass is 32.2. The Morgan fingerprint density at radius 1 is 1.35 bits per heavy atom. The first-order valence-corrected chi connectivity index (χ1v) is 9.65. The molecule has 0 amide bonds. The number of aliphatic hydroxyl groups excluding tert-OH is 1. The summed E-state index contributed by atoms with van der Waals surface area (Å²) >= 11 is 1.35. The highest BCUT2D eigenvalue weighted by Gasteiger charge is 2.23. The molecule has 0 bridgehead atoms. The van der Waals surface area contributed by atoms with Crippen molar-refractivity contribution in [2.75, 3.05) is 36.8 Å². The maximum absolute atomic E-state index is 13.0. The topological polar surface area (TPSA) is 88.2 Å². The second-order valence-electron chi connectivity index (χ2n) is 6.25. The summed E-state index contributed by atoms with van der Waals surface area (Å²) in [6, 6.07) is 0. The number of hydrogen-bond acceptors (Lipinski definition) is 7. The van der Waals surface area contributed by atoms with E-state index < -0.39 is 6.10 Å². The lowest BCUT2D eigenvalue weighted by molar-refractivity contribution is 0.220. The van der Waals surface area contributed by atoms with Crippen molar-refractivity contribution in [3.63, 3.8) is 0 Å². The van der Waals surface area contributed by atoms with Crippen molar-refractivity contribution in [2.24, 2.45) is 7.05 Å². The van der Waals surface area contributed by atoms with Crippen LogP contribution < -0.4 is 15.8 Å². The quantitative estimate of drug-likeness (QED) is 0.433. The van der Waals surface area contributed by atoms with Gasteiger partial charge in [-0.05, 0) is 13.8 Å². The van der Waals surface area contributed by atoms with Crippen molar-refractivity contribution in [1.82, 2.24) is 24.4 Å². The summed E-state index contributed by atoms with van der Waals surface area (Å²) in [5, 5.41) is 13.4. The monoisotopic (exact) mass is 376 g/mol. The Bertz CT molecular complexity index is 902. The number of nitrogens with zero attached hydrogens (tertiary/aromatic N) is 5. The Morgan fingerprint density at radius 3 is 2.73 bits per heavy atom. The van der Waals surface area contributed by atoms with Gasteiger partial charge in [-0.3, -0.25) is 13.9 Å². The average Bonchev–Trinajstić information content (AvgIpc) is 3.00. The number of piperazine rings is 1. The van der Waals surface area contributed by atoms with E-state index in [1.807, 2.05) is 4.57 Å². The van der Waals surface area contributed by atoms with Crippen molar-refractivity contribution >= 4 is 28.9 Å². The number of thioether (sulfide) groups is 1. The van der Waals surface area contributed by atoms with Crippen molar-refractivity contribution in [2.45, 2.75) is 31.7 Å². The third-order valence-corrected chi connectivity index (χ3v) is 5.46. The molecule has 1 atom stereocenters. The predicted octanol–water partition coefficient (Wildman–Crippen LogP) is 0.0358. The highest BCUT2D eigenvalue weighted by molar-refractivity contribution is 7.99. The number of aromatic nitrogens is 4. The van der Waals surface area contributed by atoms with Crippen LogP contribution in [0.25, 0.3) is 11.2 Å². The molecule has 0 aliphatic carbocycles. The standard InChI is InChI=1S/C17H24N6O2S/c1-4-5-8-23-13-14(19-16(23)22-9-6-18-7-10-22)20-17(21(3)15(13)25)26-11-12(2)24/h12,18,24H,6-11H2,1-3H3. The molecular weight excluding hydrogens is 352 g/mol. The number of aliphatic hydroxyl groups is 1. The van der Waals surface area contributed by atoms with E-state index in [1.54, 1.807) is 20.9 Å². The summed E-state index contributed by atoms with van der Waals surface area (Å²) in [5.41, 5.74) is 0.771. The number of imidazole rings is 1. The third-order valence-electron chi connectivity index (χ3n) is 4.19. The number of nitrogens with one attached hydrogen (secondary N) is 1. The van der Waals surface area contributed by atoms with E-state index in [1.165, 1.54) is 16.3 Å². The second kappa shape index (κ2) is 8.12. The molecule has 1 fully saturated rings.